The molecule has 0 saturated carbocycles. The third-order valence-electron chi connectivity index (χ3n) is 3.33. The lowest BCUT2D eigenvalue weighted by Crippen LogP contribution is -2.37. The van der Waals surface area contributed by atoms with E-state index >= 15 is 0 Å². The normalized spacial score (nSPS) is 14.6. The Hall–Kier alpha value is -1.07. The van der Waals surface area contributed by atoms with E-state index in [1.807, 2.05) is 31.2 Å². The number of halogens is 1. The standard InChI is InChI=1S/C15H21ClN2O2/c1-3-6-12(19-4-2)14(18-17)13-9-10-7-5-8-11(16)15(10)20-13/h5,7-9,12,14,18H,3-4,6,17H2,1-2H3. The molecule has 20 heavy (non-hydrogen) atoms. The highest BCUT2D eigenvalue weighted by Gasteiger charge is 2.25. The number of hydrogen-bond acceptors (Lipinski definition) is 4. The molecule has 0 amide bonds. The zero-order chi connectivity index (χ0) is 14.5. The minimum absolute atomic E-state index is 0.0191. The summed E-state index contributed by atoms with van der Waals surface area (Å²) in [5.41, 5.74) is 3.50. The number of nitrogens with two attached hydrogens (primary N) is 1. The van der Waals surface area contributed by atoms with Crippen molar-refractivity contribution in [3.8, 4) is 0 Å². The van der Waals surface area contributed by atoms with Crippen LogP contribution < -0.4 is 11.3 Å². The Morgan fingerprint density at radius 3 is 2.80 bits per heavy atom. The van der Waals surface area contributed by atoms with Crippen molar-refractivity contribution in [3.63, 3.8) is 0 Å². The summed E-state index contributed by atoms with van der Waals surface area (Å²) in [6, 6.07) is 7.47. The molecule has 4 nitrogen and oxygen atoms in total. The van der Waals surface area contributed by atoms with Crippen molar-refractivity contribution < 1.29 is 9.15 Å². The number of hydrogen-bond donors (Lipinski definition) is 2. The van der Waals surface area contributed by atoms with Gasteiger partial charge in [-0.15, -0.1) is 0 Å². The lowest BCUT2D eigenvalue weighted by Gasteiger charge is -2.24. The summed E-state index contributed by atoms with van der Waals surface area (Å²) in [5.74, 6) is 6.46. The number of furan rings is 1. The fraction of sp³-hybridized carbons (Fsp3) is 0.467. The molecule has 0 spiro atoms. The van der Waals surface area contributed by atoms with Gasteiger partial charge in [-0.3, -0.25) is 5.84 Å². The average molecular weight is 297 g/mol. The summed E-state index contributed by atoms with van der Waals surface area (Å²) in [6.45, 7) is 4.74. The molecule has 5 heteroatoms. The smallest absolute Gasteiger partial charge is 0.152 e. The van der Waals surface area contributed by atoms with Crippen LogP contribution in [-0.4, -0.2) is 12.7 Å². The van der Waals surface area contributed by atoms with E-state index in [9.17, 15) is 0 Å². The zero-order valence-corrected chi connectivity index (χ0v) is 12.6. The summed E-state index contributed by atoms with van der Waals surface area (Å²) in [7, 11) is 0. The van der Waals surface area contributed by atoms with Crippen molar-refractivity contribution in [2.24, 2.45) is 5.84 Å². The first-order valence-corrected chi connectivity index (χ1v) is 7.34. The number of fused-ring (bicyclic) bond motifs is 1. The zero-order valence-electron chi connectivity index (χ0n) is 11.9. The lowest BCUT2D eigenvalue weighted by atomic mass is 10.0. The van der Waals surface area contributed by atoms with Gasteiger partial charge < -0.3 is 9.15 Å². The molecule has 2 aromatic rings. The fourth-order valence-corrected chi connectivity index (χ4v) is 2.64. The van der Waals surface area contributed by atoms with Gasteiger partial charge in [-0.25, -0.2) is 5.43 Å². The molecule has 1 aromatic heterocycles. The van der Waals surface area contributed by atoms with E-state index in [0.717, 1.165) is 24.0 Å². The van der Waals surface area contributed by atoms with Crippen LogP contribution in [0.5, 0.6) is 0 Å². The maximum atomic E-state index is 6.14. The molecule has 1 heterocycles. The summed E-state index contributed by atoms with van der Waals surface area (Å²) < 4.78 is 11.7. The van der Waals surface area contributed by atoms with Gasteiger partial charge in [0.15, 0.2) is 5.58 Å². The monoisotopic (exact) mass is 296 g/mol. The van der Waals surface area contributed by atoms with Crippen LogP contribution in [-0.2, 0) is 4.74 Å². The van der Waals surface area contributed by atoms with Gasteiger partial charge in [-0.05, 0) is 25.5 Å². The largest absolute Gasteiger partial charge is 0.458 e. The maximum Gasteiger partial charge on any atom is 0.152 e. The molecule has 0 fully saturated rings. The number of ether oxygens (including phenoxy) is 1. The van der Waals surface area contributed by atoms with Gasteiger partial charge in [0.1, 0.15) is 11.8 Å². The van der Waals surface area contributed by atoms with Crippen LogP contribution in [0.15, 0.2) is 28.7 Å². The summed E-state index contributed by atoms with van der Waals surface area (Å²) in [4.78, 5) is 0. The van der Waals surface area contributed by atoms with E-state index in [1.165, 1.54) is 0 Å². The van der Waals surface area contributed by atoms with Crippen LogP contribution in [0.4, 0.5) is 0 Å². The molecular formula is C15H21ClN2O2. The molecule has 0 saturated heterocycles. The maximum absolute atomic E-state index is 6.14. The summed E-state index contributed by atoms with van der Waals surface area (Å²) in [5, 5.41) is 1.58. The van der Waals surface area contributed by atoms with Crippen LogP contribution in [0.3, 0.4) is 0 Å². The van der Waals surface area contributed by atoms with E-state index in [-0.39, 0.29) is 12.1 Å². The highest BCUT2D eigenvalue weighted by atomic mass is 35.5. The van der Waals surface area contributed by atoms with E-state index in [4.69, 9.17) is 26.6 Å². The van der Waals surface area contributed by atoms with E-state index < -0.39 is 0 Å². The van der Waals surface area contributed by atoms with Crippen molar-refractivity contribution in [2.45, 2.75) is 38.8 Å². The molecule has 3 N–H and O–H groups in total. The molecule has 2 rings (SSSR count). The van der Waals surface area contributed by atoms with E-state index in [1.54, 1.807) is 0 Å². The summed E-state index contributed by atoms with van der Waals surface area (Å²) >= 11 is 6.14. The number of benzene rings is 1. The molecular weight excluding hydrogens is 276 g/mol. The molecule has 0 aliphatic heterocycles. The van der Waals surface area contributed by atoms with Crippen LogP contribution in [0.1, 0.15) is 38.5 Å². The minimum Gasteiger partial charge on any atom is -0.458 e. The molecule has 0 aliphatic rings. The van der Waals surface area contributed by atoms with E-state index in [2.05, 4.69) is 12.3 Å². The van der Waals surface area contributed by atoms with Gasteiger partial charge in [-0.1, -0.05) is 37.1 Å². The predicted octanol–water partition coefficient (Wildman–Crippen LogP) is 3.80. The van der Waals surface area contributed by atoms with Crippen LogP contribution in [0.25, 0.3) is 11.0 Å². The van der Waals surface area contributed by atoms with Crippen molar-refractivity contribution in [2.75, 3.05) is 6.61 Å². The van der Waals surface area contributed by atoms with Crippen LogP contribution in [0.2, 0.25) is 5.02 Å². The molecule has 2 unspecified atom stereocenters. The predicted molar refractivity (Wildman–Crippen MR) is 81.6 cm³/mol. The van der Waals surface area contributed by atoms with Gasteiger partial charge in [-0.2, -0.15) is 0 Å². The number of nitrogens with one attached hydrogen (secondary N) is 1. The quantitative estimate of drug-likeness (QED) is 0.603. The van der Waals surface area contributed by atoms with Gasteiger partial charge in [0.2, 0.25) is 0 Å². The first kappa shape index (κ1) is 15.3. The number of para-hydroxylation sites is 1. The van der Waals surface area contributed by atoms with Crippen LogP contribution in [0, 0.1) is 0 Å². The SMILES string of the molecule is CCCC(OCC)C(NN)c1cc2cccc(Cl)c2o1. The van der Waals surface area contributed by atoms with Crippen molar-refractivity contribution in [3.05, 3.63) is 35.0 Å². The second kappa shape index (κ2) is 7.09. The van der Waals surface area contributed by atoms with Gasteiger partial charge >= 0.3 is 0 Å². The highest BCUT2D eigenvalue weighted by molar-refractivity contribution is 6.34. The first-order valence-electron chi connectivity index (χ1n) is 6.96. The minimum atomic E-state index is -0.182. The Labute approximate surface area is 124 Å². The highest BCUT2D eigenvalue weighted by Crippen LogP contribution is 2.31. The molecule has 0 radical (unpaired) electrons. The Kier molecular flexibility index (Phi) is 5.43. The van der Waals surface area contributed by atoms with Gasteiger partial charge in [0.25, 0.3) is 0 Å². The van der Waals surface area contributed by atoms with Crippen molar-refractivity contribution in [1.82, 2.24) is 5.43 Å². The third kappa shape index (κ3) is 3.15. The lowest BCUT2D eigenvalue weighted by molar-refractivity contribution is 0.0225. The molecule has 110 valence electrons. The van der Waals surface area contributed by atoms with Gasteiger partial charge in [0, 0.05) is 12.0 Å². The third-order valence-corrected chi connectivity index (χ3v) is 3.62. The Bertz CT molecular complexity index is 550. The van der Waals surface area contributed by atoms with Gasteiger partial charge in [0.05, 0.1) is 11.1 Å². The second-order valence-corrected chi connectivity index (χ2v) is 5.14. The Morgan fingerprint density at radius 1 is 1.40 bits per heavy atom. The second-order valence-electron chi connectivity index (χ2n) is 4.73. The topological polar surface area (TPSA) is 60.4 Å². The molecule has 2 atom stereocenters. The molecule has 1 aromatic carbocycles. The Balaban J connectivity index is 2.34. The molecule has 0 aliphatic carbocycles. The number of hydrazine groups is 1. The van der Waals surface area contributed by atoms with Crippen molar-refractivity contribution >= 4 is 22.6 Å². The van der Waals surface area contributed by atoms with Crippen LogP contribution >= 0.6 is 11.6 Å². The average Bonchev–Trinajstić information content (AvgIpc) is 2.85. The van der Waals surface area contributed by atoms with E-state index in [0.29, 0.717) is 17.2 Å². The number of rotatable bonds is 7. The fourth-order valence-electron chi connectivity index (χ4n) is 2.42. The molecule has 0 bridgehead atoms. The first-order chi connectivity index (χ1) is 9.71. The summed E-state index contributed by atoms with van der Waals surface area (Å²) in [6.07, 6.45) is 1.91. The Morgan fingerprint density at radius 2 is 2.20 bits per heavy atom. The van der Waals surface area contributed by atoms with Crippen molar-refractivity contribution in [1.29, 1.82) is 0 Å².